The summed E-state index contributed by atoms with van der Waals surface area (Å²) in [7, 11) is -2.42. The highest BCUT2D eigenvalue weighted by Crippen LogP contribution is 2.35. The Morgan fingerprint density at radius 2 is 2.12 bits per heavy atom. The summed E-state index contributed by atoms with van der Waals surface area (Å²) in [6.07, 6.45) is 0. The van der Waals surface area contributed by atoms with E-state index in [4.69, 9.17) is 5.11 Å². The van der Waals surface area contributed by atoms with Crippen LogP contribution in [0.3, 0.4) is 0 Å². The van der Waals surface area contributed by atoms with Crippen LogP contribution >= 0.6 is 11.8 Å². The first-order valence-electron chi connectivity index (χ1n) is 4.87. The first-order valence-corrected chi connectivity index (χ1v) is 7.36. The summed E-state index contributed by atoms with van der Waals surface area (Å²) in [6.45, 7) is 3.75. The third-order valence-electron chi connectivity index (χ3n) is 2.37. The Balaban J connectivity index is 3.08. The van der Waals surface area contributed by atoms with Crippen LogP contribution in [0.25, 0.3) is 0 Å². The average Bonchev–Trinajstić information content (AvgIpc) is 2.62. The highest BCUT2D eigenvalue weighted by atomic mass is 32.2. The van der Waals surface area contributed by atoms with Gasteiger partial charge in [-0.05, 0) is 5.92 Å². The summed E-state index contributed by atoms with van der Waals surface area (Å²) < 4.78 is 26.8. The van der Waals surface area contributed by atoms with Gasteiger partial charge in [-0.15, -0.1) is 11.8 Å². The fourth-order valence-electron chi connectivity index (χ4n) is 1.59. The van der Waals surface area contributed by atoms with E-state index in [2.05, 4.69) is 4.72 Å². The predicted molar refractivity (Wildman–Crippen MR) is 62.3 cm³/mol. The lowest BCUT2D eigenvalue weighted by molar-refractivity contribution is -0.140. The molecule has 0 aliphatic carbocycles. The molecule has 0 saturated carbocycles. The molecule has 0 amide bonds. The van der Waals surface area contributed by atoms with Crippen LogP contribution in [-0.2, 0) is 15.0 Å². The van der Waals surface area contributed by atoms with E-state index in [0.29, 0.717) is 5.75 Å². The summed E-state index contributed by atoms with van der Waals surface area (Å²) in [5.41, 5.74) is 0. The molecular weight excluding hydrogens is 252 g/mol. The summed E-state index contributed by atoms with van der Waals surface area (Å²) in [5, 5.41) is 8.67. The van der Waals surface area contributed by atoms with Gasteiger partial charge >= 0.3 is 5.97 Å². The summed E-state index contributed by atoms with van der Waals surface area (Å²) in [4.78, 5) is 11.0. The van der Waals surface area contributed by atoms with Crippen molar-refractivity contribution in [3.05, 3.63) is 0 Å². The molecule has 0 aromatic heterocycles. The summed E-state index contributed by atoms with van der Waals surface area (Å²) in [5.74, 6) is -0.744. The lowest BCUT2D eigenvalue weighted by atomic mass is 10.2. The number of hydrogen-bond acceptors (Lipinski definition) is 4. The van der Waals surface area contributed by atoms with Crippen LogP contribution in [0.15, 0.2) is 0 Å². The molecule has 0 aromatic carbocycles. The molecule has 1 saturated heterocycles. The third-order valence-corrected chi connectivity index (χ3v) is 5.68. The number of nitrogens with one attached hydrogen (secondary N) is 1. The Kier molecular flexibility index (Phi) is 4.22. The molecule has 1 fully saturated rings. The number of rotatable bonds is 4. The maximum absolute atomic E-state index is 11.8. The zero-order valence-corrected chi connectivity index (χ0v) is 11.0. The Morgan fingerprint density at radius 1 is 1.56 bits per heavy atom. The zero-order valence-electron chi connectivity index (χ0n) is 9.37. The summed E-state index contributed by atoms with van der Waals surface area (Å²) in [6, 6.07) is -0.977. The molecule has 8 heteroatoms. The van der Waals surface area contributed by atoms with Gasteiger partial charge in [-0.3, -0.25) is 4.79 Å². The van der Waals surface area contributed by atoms with E-state index < -0.39 is 22.2 Å². The van der Waals surface area contributed by atoms with Crippen molar-refractivity contribution in [2.45, 2.75) is 25.3 Å². The first kappa shape index (κ1) is 13.8. The molecule has 94 valence electrons. The van der Waals surface area contributed by atoms with Crippen molar-refractivity contribution in [2.75, 3.05) is 12.8 Å². The Hall–Kier alpha value is -0.310. The Morgan fingerprint density at radius 3 is 2.50 bits per heavy atom. The van der Waals surface area contributed by atoms with Gasteiger partial charge in [-0.1, -0.05) is 13.8 Å². The van der Waals surface area contributed by atoms with E-state index in [1.807, 2.05) is 13.8 Å². The van der Waals surface area contributed by atoms with Gasteiger partial charge in [0.15, 0.2) is 0 Å². The van der Waals surface area contributed by atoms with E-state index in [1.54, 1.807) is 0 Å². The van der Waals surface area contributed by atoms with Gasteiger partial charge in [0.2, 0.25) is 0 Å². The monoisotopic (exact) mass is 268 g/mol. The van der Waals surface area contributed by atoms with Gasteiger partial charge in [0.05, 0.1) is 5.37 Å². The largest absolute Gasteiger partial charge is 0.480 e. The predicted octanol–water partition coefficient (Wildman–Crippen LogP) is -0.0653. The number of carboxylic acids is 1. The fourth-order valence-corrected chi connectivity index (χ4v) is 4.80. The molecule has 2 unspecified atom stereocenters. The second-order valence-corrected chi connectivity index (χ2v) is 6.79. The van der Waals surface area contributed by atoms with E-state index in [-0.39, 0.29) is 11.3 Å². The highest BCUT2D eigenvalue weighted by Gasteiger charge is 2.46. The second kappa shape index (κ2) is 4.91. The third kappa shape index (κ3) is 2.50. The zero-order chi connectivity index (χ0) is 12.5. The number of hydrogen-bond donors (Lipinski definition) is 2. The minimum atomic E-state index is -3.70. The molecule has 16 heavy (non-hydrogen) atoms. The summed E-state index contributed by atoms with van der Waals surface area (Å²) >= 11 is 1.36. The van der Waals surface area contributed by atoms with Crippen LogP contribution in [0.4, 0.5) is 0 Å². The normalized spacial score (nSPS) is 27.5. The molecular formula is C8H16N2O4S2. The Bertz CT molecular complexity index is 368. The smallest absolute Gasteiger partial charge is 0.322 e. The van der Waals surface area contributed by atoms with Gasteiger partial charge in [-0.2, -0.15) is 12.7 Å². The molecule has 1 aliphatic heterocycles. The van der Waals surface area contributed by atoms with Gasteiger partial charge < -0.3 is 5.11 Å². The van der Waals surface area contributed by atoms with Gasteiger partial charge in [-0.25, -0.2) is 4.72 Å². The number of carboxylic acid groups (broad SMARTS) is 1. The minimum absolute atomic E-state index is 0.0671. The van der Waals surface area contributed by atoms with E-state index in [1.165, 1.54) is 18.8 Å². The molecule has 1 rings (SSSR count). The lowest BCUT2D eigenvalue weighted by Gasteiger charge is -2.27. The van der Waals surface area contributed by atoms with Crippen LogP contribution < -0.4 is 4.72 Å². The average molecular weight is 268 g/mol. The molecule has 1 heterocycles. The quantitative estimate of drug-likeness (QED) is 0.745. The first-order chi connectivity index (χ1) is 7.31. The Labute approximate surface area is 99.6 Å². The molecule has 0 radical (unpaired) electrons. The van der Waals surface area contributed by atoms with Gasteiger partial charge in [0.25, 0.3) is 10.2 Å². The van der Waals surface area contributed by atoms with Crippen molar-refractivity contribution in [1.82, 2.24) is 9.03 Å². The van der Waals surface area contributed by atoms with Gasteiger partial charge in [0.1, 0.15) is 6.04 Å². The van der Waals surface area contributed by atoms with Gasteiger partial charge in [0, 0.05) is 12.8 Å². The van der Waals surface area contributed by atoms with E-state index in [9.17, 15) is 13.2 Å². The van der Waals surface area contributed by atoms with E-state index >= 15 is 0 Å². The van der Waals surface area contributed by atoms with Crippen molar-refractivity contribution in [3.63, 3.8) is 0 Å². The molecule has 2 atom stereocenters. The topological polar surface area (TPSA) is 86.7 Å². The number of carbonyl (C=O) groups is 1. The lowest BCUT2D eigenvalue weighted by Crippen LogP contribution is -2.50. The minimum Gasteiger partial charge on any atom is -0.480 e. The number of aliphatic carboxylic acids is 1. The highest BCUT2D eigenvalue weighted by molar-refractivity contribution is 8.01. The molecule has 0 spiro atoms. The molecule has 1 aliphatic rings. The van der Waals surface area contributed by atoms with Crippen LogP contribution in [-0.4, -0.2) is 48.0 Å². The van der Waals surface area contributed by atoms with Crippen LogP contribution in [0, 0.1) is 5.92 Å². The van der Waals surface area contributed by atoms with Crippen molar-refractivity contribution in [2.24, 2.45) is 5.92 Å². The van der Waals surface area contributed by atoms with Crippen LogP contribution in [0.5, 0.6) is 0 Å². The fraction of sp³-hybridized carbons (Fsp3) is 0.875. The van der Waals surface area contributed by atoms with Crippen molar-refractivity contribution in [3.8, 4) is 0 Å². The maximum atomic E-state index is 11.8. The van der Waals surface area contributed by atoms with Crippen molar-refractivity contribution in [1.29, 1.82) is 0 Å². The second-order valence-electron chi connectivity index (χ2n) is 3.86. The molecule has 2 N–H and O–H groups in total. The van der Waals surface area contributed by atoms with Crippen LogP contribution in [0.1, 0.15) is 13.8 Å². The van der Waals surface area contributed by atoms with E-state index in [0.717, 1.165) is 4.31 Å². The van der Waals surface area contributed by atoms with Crippen molar-refractivity contribution < 1.29 is 18.3 Å². The number of nitrogens with zero attached hydrogens (tertiary/aromatic N) is 1. The standard InChI is InChI=1S/C8H16N2O4S2/c1-5(2)7-10(16(13,14)9-3)6(4-15-7)8(11)12/h5-7,9H,4H2,1-3H3,(H,11,12). The number of thioether (sulfide) groups is 1. The molecule has 0 bridgehead atoms. The maximum Gasteiger partial charge on any atom is 0.322 e. The van der Waals surface area contributed by atoms with Crippen LogP contribution in [0.2, 0.25) is 0 Å². The SMILES string of the molecule is CNS(=O)(=O)N1C(C(=O)O)CSC1C(C)C. The molecule has 6 nitrogen and oxygen atoms in total. The molecule has 0 aromatic rings. The van der Waals surface area contributed by atoms with Crippen molar-refractivity contribution >= 4 is 27.9 Å².